The lowest BCUT2D eigenvalue weighted by molar-refractivity contribution is 0.251. The second-order valence-electron chi connectivity index (χ2n) is 5.05. The zero-order valence-corrected chi connectivity index (χ0v) is 14.4. The summed E-state index contributed by atoms with van der Waals surface area (Å²) in [7, 11) is -1.67. The van der Waals surface area contributed by atoms with Crippen molar-refractivity contribution in [2.45, 2.75) is 18.4 Å². The number of ether oxygens (including phenoxy) is 1. The van der Waals surface area contributed by atoms with Crippen LogP contribution in [0, 0.1) is 0 Å². The third kappa shape index (κ3) is 4.48. The van der Waals surface area contributed by atoms with Crippen molar-refractivity contribution in [1.82, 2.24) is 5.32 Å². The topological polar surface area (TPSA) is 84.5 Å². The Labute approximate surface area is 141 Å². The number of methoxy groups -OCH3 is 1. The van der Waals surface area contributed by atoms with Gasteiger partial charge in [-0.1, -0.05) is 25.1 Å². The minimum absolute atomic E-state index is 0.0408. The van der Waals surface area contributed by atoms with Crippen LogP contribution in [-0.4, -0.2) is 27.3 Å². The molecule has 2 amide bonds. The van der Waals surface area contributed by atoms with Gasteiger partial charge in [0.1, 0.15) is 5.75 Å². The molecule has 0 aliphatic carbocycles. The van der Waals surface area contributed by atoms with Gasteiger partial charge in [0.2, 0.25) is 0 Å². The fraction of sp³-hybridized carbons (Fsp3) is 0.235. The lowest BCUT2D eigenvalue weighted by Gasteiger charge is -2.11. The second kappa shape index (κ2) is 7.83. The molecule has 0 fully saturated rings. The Morgan fingerprint density at radius 2 is 1.75 bits per heavy atom. The van der Waals surface area contributed by atoms with Crippen molar-refractivity contribution in [3.8, 4) is 5.75 Å². The summed E-state index contributed by atoms with van der Waals surface area (Å²) in [6.07, 6.45) is 0. The Kier molecular flexibility index (Phi) is 5.81. The third-order valence-corrected chi connectivity index (χ3v) is 5.23. The van der Waals surface area contributed by atoms with E-state index in [2.05, 4.69) is 10.6 Å². The largest absolute Gasteiger partial charge is 0.496 e. The molecule has 2 aromatic carbocycles. The van der Waals surface area contributed by atoms with Crippen molar-refractivity contribution in [3.63, 3.8) is 0 Å². The van der Waals surface area contributed by atoms with E-state index >= 15 is 0 Å². The first kappa shape index (κ1) is 17.8. The Hall–Kier alpha value is -2.54. The van der Waals surface area contributed by atoms with Crippen molar-refractivity contribution in [1.29, 1.82) is 0 Å². The number of anilines is 1. The van der Waals surface area contributed by atoms with E-state index in [9.17, 15) is 13.2 Å². The molecule has 0 aliphatic heterocycles. The first-order valence-electron chi connectivity index (χ1n) is 7.46. The lowest BCUT2D eigenvalue weighted by atomic mass is 10.2. The van der Waals surface area contributed by atoms with E-state index in [0.717, 1.165) is 5.56 Å². The molecule has 0 spiro atoms. The summed E-state index contributed by atoms with van der Waals surface area (Å²) in [5.41, 5.74) is 1.38. The molecule has 0 saturated carbocycles. The van der Waals surface area contributed by atoms with Gasteiger partial charge in [0.25, 0.3) is 0 Å². The van der Waals surface area contributed by atoms with E-state index < -0.39 is 9.84 Å². The van der Waals surface area contributed by atoms with Crippen LogP contribution in [0.1, 0.15) is 12.5 Å². The van der Waals surface area contributed by atoms with Crippen molar-refractivity contribution in [2.24, 2.45) is 0 Å². The molecule has 0 saturated heterocycles. The van der Waals surface area contributed by atoms with E-state index in [-0.39, 0.29) is 16.7 Å². The molecule has 0 aliphatic rings. The number of carbonyl (C=O) groups is 1. The maximum Gasteiger partial charge on any atom is 0.319 e. The van der Waals surface area contributed by atoms with Gasteiger partial charge in [-0.25, -0.2) is 13.2 Å². The van der Waals surface area contributed by atoms with E-state index in [0.29, 0.717) is 18.0 Å². The highest BCUT2D eigenvalue weighted by atomic mass is 32.2. The zero-order valence-electron chi connectivity index (χ0n) is 13.6. The van der Waals surface area contributed by atoms with E-state index in [1.165, 1.54) is 12.1 Å². The van der Waals surface area contributed by atoms with Crippen LogP contribution in [0.2, 0.25) is 0 Å². The predicted octanol–water partition coefficient (Wildman–Crippen LogP) is 2.81. The molecule has 6 nitrogen and oxygen atoms in total. The summed E-state index contributed by atoms with van der Waals surface area (Å²) in [6, 6.07) is 13.1. The smallest absolute Gasteiger partial charge is 0.319 e. The summed E-state index contributed by atoms with van der Waals surface area (Å²) >= 11 is 0. The SMILES string of the molecule is CCS(=O)(=O)c1ccc(NC(=O)NCc2ccccc2OC)cc1. The minimum Gasteiger partial charge on any atom is -0.496 e. The number of benzene rings is 2. The fourth-order valence-corrected chi connectivity index (χ4v) is 3.00. The van der Waals surface area contributed by atoms with Crippen molar-refractivity contribution >= 4 is 21.6 Å². The molecule has 2 rings (SSSR count). The molecule has 128 valence electrons. The first-order valence-corrected chi connectivity index (χ1v) is 9.11. The molecule has 0 radical (unpaired) electrons. The molecule has 0 atom stereocenters. The summed E-state index contributed by atoms with van der Waals surface area (Å²) in [4.78, 5) is 12.2. The molecule has 7 heteroatoms. The van der Waals surface area contributed by atoms with Crippen LogP contribution in [0.3, 0.4) is 0 Å². The standard InChI is InChI=1S/C17H20N2O4S/c1-3-24(21,22)15-10-8-14(9-11-15)19-17(20)18-12-13-6-4-5-7-16(13)23-2/h4-11H,3,12H2,1-2H3,(H2,18,19,20). The number of urea groups is 1. The number of carbonyl (C=O) groups excluding carboxylic acids is 1. The number of hydrogen-bond acceptors (Lipinski definition) is 4. The quantitative estimate of drug-likeness (QED) is 0.841. The number of sulfone groups is 1. The van der Waals surface area contributed by atoms with E-state index in [4.69, 9.17) is 4.74 Å². The Balaban J connectivity index is 1.95. The van der Waals surface area contributed by atoms with Gasteiger partial charge in [0, 0.05) is 17.8 Å². The number of hydrogen-bond donors (Lipinski definition) is 2. The average Bonchev–Trinajstić information content (AvgIpc) is 2.60. The molecule has 2 N–H and O–H groups in total. The van der Waals surface area contributed by atoms with E-state index in [1.807, 2.05) is 24.3 Å². The normalized spacial score (nSPS) is 10.9. The van der Waals surface area contributed by atoms with Crippen LogP contribution in [-0.2, 0) is 16.4 Å². The van der Waals surface area contributed by atoms with Gasteiger partial charge in [-0.05, 0) is 30.3 Å². The monoisotopic (exact) mass is 348 g/mol. The molecule has 0 bridgehead atoms. The second-order valence-corrected chi connectivity index (χ2v) is 7.33. The van der Waals surface area contributed by atoms with Gasteiger partial charge in [-0.2, -0.15) is 0 Å². The molecule has 2 aromatic rings. The lowest BCUT2D eigenvalue weighted by Crippen LogP contribution is -2.28. The van der Waals surface area contributed by atoms with Crippen molar-refractivity contribution in [3.05, 3.63) is 54.1 Å². The van der Waals surface area contributed by atoms with Gasteiger partial charge in [0.05, 0.1) is 17.8 Å². The maximum absolute atomic E-state index is 11.9. The molecular formula is C17H20N2O4S. The molecule has 0 aromatic heterocycles. The summed E-state index contributed by atoms with van der Waals surface area (Å²) in [5, 5.41) is 5.39. The first-order chi connectivity index (χ1) is 11.5. The van der Waals surface area contributed by atoms with Gasteiger partial charge in [0.15, 0.2) is 9.84 Å². The Morgan fingerprint density at radius 3 is 2.38 bits per heavy atom. The molecular weight excluding hydrogens is 328 g/mol. The van der Waals surface area contributed by atoms with Crippen LogP contribution in [0.15, 0.2) is 53.4 Å². The fourth-order valence-electron chi connectivity index (χ4n) is 2.11. The van der Waals surface area contributed by atoms with Gasteiger partial charge < -0.3 is 15.4 Å². The molecule has 24 heavy (non-hydrogen) atoms. The van der Waals surface area contributed by atoms with Crippen LogP contribution in [0.25, 0.3) is 0 Å². The van der Waals surface area contributed by atoms with E-state index in [1.54, 1.807) is 26.2 Å². The Morgan fingerprint density at radius 1 is 1.08 bits per heavy atom. The summed E-state index contributed by atoms with van der Waals surface area (Å²) in [6.45, 7) is 1.91. The highest BCUT2D eigenvalue weighted by Crippen LogP contribution is 2.17. The Bertz CT molecular complexity index is 802. The van der Waals surface area contributed by atoms with Crippen LogP contribution in [0.5, 0.6) is 5.75 Å². The number of para-hydroxylation sites is 1. The summed E-state index contributed by atoms with van der Waals surface area (Å²) in [5.74, 6) is 0.742. The number of amides is 2. The zero-order chi connectivity index (χ0) is 17.6. The predicted molar refractivity (Wildman–Crippen MR) is 93.0 cm³/mol. The number of rotatable bonds is 6. The molecule has 0 heterocycles. The van der Waals surface area contributed by atoms with Crippen LogP contribution >= 0.6 is 0 Å². The van der Waals surface area contributed by atoms with Crippen molar-refractivity contribution in [2.75, 3.05) is 18.2 Å². The minimum atomic E-state index is -3.24. The van der Waals surface area contributed by atoms with Gasteiger partial charge >= 0.3 is 6.03 Å². The van der Waals surface area contributed by atoms with Crippen LogP contribution < -0.4 is 15.4 Å². The number of nitrogens with one attached hydrogen (secondary N) is 2. The maximum atomic E-state index is 11.9. The van der Waals surface area contributed by atoms with Crippen molar-refractivity contribution < 1.29 is 17.9 Å². The average molecular weight is 348 g/mol. The highest BCUT2D eigenvalue weighted by molar-refractivity contribution is 7.91. The molecule has 0 unspecified atom stereocenters. The summed E-state index contributed by atoms with van der Waals surface area (Å²) < 4.78 is 28.7. The van der Waals surface area contributed by atoms with Gasteiger partial charge in [-0.3, -0.25) is 0 Å². The third-order valence-electron chi connectivity index (χ3n) is 3.48. The highest BCUT2D eigenvalue weighted by Gasteiger charge is 2.11. The van der Waals surface area contributed by atoms with Crippen LogP contribution in [0.4, 0.5) is 10.5 Å². The van der Waals surface area contributed by atoms with Gasteiger partial charge in [-0.15, -0.1) is 0 Å².